The van der Waals surface area contributed by atoms with E-state index < -0.39 is 0 Å². The molecule has 0 spiro atoms. The van der Waals surface area contributed by atoms with Crippen molar-refractivity contribution < 1.29 is 0 Å². The van der Waals surface area contributed by atoms with E-state index in [0.29, 0.717) is 0 Å². The molecule has 2 nitrogen and oxygen atoms in total. The van der Waals surface area contributed by atoms with Crippen LogP contribution in [0.2, 0.25) is 0 Å². The van der Waals surface area contributed by atoms with E-state index in [0.717, 1.165) is 6.04 Å². The summed E-state index contributed by atoms with van der Waals surface area (Å²) in [5, 5.41) is 3.70. The second kappa shape index (κ2) is 8.12. The van der Waals surface area contributed by atoms with Crippen LogP contribution in [0.25, 0.3) is 0 Å². The Morgan fingerprint density at radius 2 is 1.80 bits per heavy atom. The normalized spacial score (nSPS) is 19.6. The predicted molar refractivity (Wildman–Crippen MR) is 67.3 cm³/mol. The van der Waals surface area contributed by atoms with Gasteiger partial charge in [0.25, 0.3) is 0 Å². The lowest BCUT2D eigenvalue weighted by atomic mass is 10.0. The topological polar surface area (TPSA) is 15.3 Å². The Bertz CT molecular complexity index is 139. The van der Waals surface area contributed by atoms with Gasteiger partial charge in [-0.15, -0.1) is 0 Å². The van der Waals surface area contributed by atoms with Crippen molar-refractivity contribution in [1.29, 1.82) is 0 Å². The fourth-order valence-electron chi connectivity index (χ4n) is 2.31. The third-order valence-corrected chi connectivity index (χ3v) is 3.50. The maximum Gasteiger partial charge on any atom is 0.00914 e. The van der Waals surface area contributed by atoms with Crippen LogP contribution >= 0.6 is 0 Å². The number of piperidine rings is 1. The maximum atomic E-state index is 3.70. The molecular formula is C13H28N2. The van der Waals surface area contributed by atoms with Crippen LogP contribution in [0.3, 0.4) is 0 Å². The molecule has 0 radical (unpaired) electrons. The molecule has 0 bridgehead atoms. The van der Waals surface area contributed by atoms with Gasteiger partial charge < -0.3 is 10.2 Å². The van der Waals surface area contributed by atoms with E-state index in [1.165, 1.54) is 64.7 Å². The van der Waals surface area contributed by atoms with Gasteiger partial charge in [0.1, 0.15) is 0 Å². The molecule has 0 amide bonds. The molecule has 0 aromatic rings. The molecule has 1 fully saturated rings. The smallest absolute Gasteiger partial charge is 0.00914 e. The third kappa shape index (κ3) is 5.53. The second-order valence-corrected chi connectivity index (χ2v) is 4.72. The quantitative estimate of drug-likeness (QED) is 0.653. The first-order valence-corrected chi connectivity index (χ1v) is 6.82. The van der Waals surface area contributed by atoms with Crippen LogP contribution in [0.4, 0.5) is 0 Å². The van der Waals surface area contributed by atoms with E-state index >= 15 is 0 Å². The molecule has 1 heterocycles. The Labute approximate surface area is 95.4 Å². The number of rotatable bonds is 7. The van der Waals surface area contributed by atoms with Crippen molar-refractivity contribution in [1.82, 2.24) is 10.2 Å². The molecule has 0 aromatic heterocycles. The summed E-state index contributed by atoms with van der Waals surface area (Å²) in [6, 6.07) is 0.800. The van der Waals surface area contributed by atoms with Crippen molar-refractivity contribution in [2.45, 2.75) is 58.4 Å². The van der Waals surface area contributed by atoms with E-state index in [9.17, 15) is 0 Å². The highest BCUT2D eigenvalue weighted by molar-refractivity contribution is 4.76. The molecule has 2 heteroatoms. The Balaban J connectivity index is 1.94. The second-order valence-electron chi connectivity index (χ2n) is 4.72. The van der Waals surface area contributed by atoms with Crippen molar-refractivity contribution >= 4 is 0 Å². The monoisotopic (exact) mass is 212 g/mol. The zero-order valence-electron chi connectivity index (χ0n) is 10.6. The molecule has 0 aliphatic carbocycles. The van der Waals surface area contributed by atoms with Gasteiger partial charge in [0, 0.05) is 6.04 Å². The highest BCUT2D eigenvalue weighted by Crippen LogP contribution is 2.09. The van der Waals surface area contributed by atoms with Crippen LogP contribution in [-0.4, -0.2) is 37.1 Å². The minimum atomic E-state index is 0.800. The zero-order valence-corrected chi connectivity index (χ0v) is 10.6. The Morgan fingerprint density at radius 3 is 2.40 bits per heavy atom. The Morgan fingerprint density at radius 1 is 1.07 bits per heavy atom. The Kier molecular flexibility index (Phi) is 7.03. The molecule has 1 saturated heterocycles. The van der Waals surface area contributed by atoms with Crippen LogP contribution in [0.1, 0.15) is 52.4 Å². The maximum absolute atomic E-state index is 3.70. The van der Waals surface area contributed by atoms with Gasteiger partial charge >= 0.3 is 0 Å². The van der Waals surface area contributed by atoms with E-state index in [2.05, 4.69) is 24.1 Å². The van der Waals surface area contributed by atoms with Crippen LogP contribution in [0.15, 0.2) is 0 Å². The fraction of sp³-hybridized carbons (Fsp3) is 1.00. The molecule has 0 saturated carbocycles. The molecule has 1 rings (SSSR count). The Hall–Kier alpha value is -0.0800. The first-order chi connectivity index (χ1) is 7.36. The van der Waals surface area contributed by atoms with Gasteiger partial charge in [0.05, 0.1) is 0 Å². The average molecular weight is 212 g/mol. The molecule has 0 atom stereocenters. The minimum Gasteiger partial charge on any atom is -0.314 e. The van der Waals surface area contributed by atoms with Crippen LogP contribution in [-0.2, 0) is 0 Å². The number of nitrogens with one attached hydrogen (secondary N) is 1. The van der Waals surface area contributed by atoms with Gasteiger partial charge in [-0.05, 0) is 45.4 Å². The molecule has 1 N–H and O–H groups in total. The van der Waals surface area contributed by atoms with Crippen molar-refractivity contribution in [2.75, 3.05) is 26.2 Å². The lowest BCUT2D eigenvalue weighted by Gasteiger charge is -2.31. The van der Waals surface area contributed by atoms with E-state index in [-0.39, 0.29) is 0 Å². The highest BCUT2D eigenvalue weighted by Gasteiger charge is 2.16. The molecule has 1 aliphatic rings. The predicted octanol–water partition coefficient (Wildman–Crippen LogP) is 2.64. The number of unbranched alkanes of at least 4 members (excludes halogenated alkanes) is 3. The first kappa shape index (κ1) is 13.0. The van der Waals surface area contributed by atoms with E-state index in [1.807, 2.05) is 0 Å². The summed E-state index contributed by atoms with van der Waals surface area (Å²) in [5.74, 6) is 0. The average Bonchev–Trinajstić information content (AvgIpc) is 2.30. The number of hydrogen-bond donors (Lipinski definition) is 1. The number of likely N-dealkylation sites (tertiary alicyclic amines) is 1. The van der Waals surface area contributed by atoms with Gasteiger partial charge in [0.15, 0.2) is 0 Å². The first-order valence-electron chi connectivity index (χ1n) is 6.82. The van der Waals surface area contributed by atoms with Gasteiger partial charge in [-0.25, -0.2) is 0 Å². The molecule has 0 aromatic carbocycles. The fourth-order valence-corrected chi connectivity index (χ4v) is 2.31. The van der Waals surface area contributed by atoms with Crippen LogP contribution in [0.5, 0.6) is 0 Å². The van der Waals surface area contributed by atoms with Crippen LogP contribution < -0.4 is 5.32 Å². The number of hydrogen-bond acceptors (Lipinski definition) is 2. The standard InChI is InChI=1S/C13H28N2/c1-3-5-6-7-10-14-13-8-11-15(4-2)12-9-13/h13-14H,3-12H2,1-2H3. The molecule has 1 aliphatic heterocycles. The summed E-state index contributed by atoms with van der Waals surface area (Å²) in [4.78, 5) is 2.55. The molecular weight excluding hydrogens is 184 g/mol. The molecule has 90 valence electrons. The zero-order chi connectivity index (χ0) is 10.9. The van der Waals surface area contributed by atoms with Gasteiger partial charge in [-0.3, -0.25) is 0 Å². The van der Waals surface area contributed by atoms with Gasteiger partial charge in [0.2, 0.25) is 0 Å². The van der Waals surface area contributed by atoms with Crippen molar-refractivity contribution in [3.05, 3.63) is 0 Å². The minimum absolute atomic E-state index is 0.800. The summed E-state index contributed by atoms with van der Waals surface area (Å²) < 4.78 is 0. The van der Waals surface area contributed by atoms with E-state index in [1.54, 1.807) is 0 Å². The van der Waals surface area contributed by atoms with Crippen molar-refractivity contribution in [2.24, 2.45) is 0 Å². The van der Waals surface area contributed by atoms with Crippen LogP contribution in [0, 0.1) is 0 Å². The third-order valence-electron chi connectivity index (χ3n) is 3.50. The summed E-state index contributed by atoms with van der Waals surface area (Å²) >= 11 is 0. The molecule has 15 heavy (non-hydrogen) atoms. The summed E-state index contributed by atoms with van der Waals surface area (Å²) in [6.45, 7) is 9.58. The summed E-state index contributed by atoms with van der Waals surface area (Å²) in [6.07, 6.45) is 8.20. The summed E-state index contributed by atoms with van der Waals surface area (Å²) in [5.41, 5.74) is 0. The van der Waals surface area contributed by atoms with Gasteiger partial charge in [-0.1, -0.05) is 33.1 Å². The largest absolute Gasteiger partial charge is 0.314 e. The summed E-state index contributed by atoms with van der Waals surface area (Å²) in [7, 11) is 0. The number of nitrogens with zero attached hydrogens (tertiary/aromatic N) is 1. The van der Waals surface area contributed by atoms with E-state index in [4.69, 9.17) is 0 Å². The van der Waals surface area contributed by atoms with Gasteiger partial charge in [-0.2, -0.15) is 0 Å². The lowest BCUT2D eigenvalue weighted by molar-refractivity contribution is 0.206. The van der Waals surface area contributed by atoms with Crippen molar-refractivity contribution in [3.63, 3.8) is 0 Å². The lowest BCUT2D eigenvalue weighted by Crippen LogP contribution is -2.42. The highest BCUT2D eigenvalue weighted by atomic mass is 15.1. The SMILES string of the molecule is CCCCCCNC1CCN(CC)CC1. The van der Waals surface area contributed by atoms with Crippen molar-refractivity contribution in [3.8, 4) is 0 Å². The molecule has 0 unspecified atom stereocenters.